The lowest BCUT2D eigenvalue weighted by molar-refractivity contribution is -0.145. The molecule has 3 aliphatic heterocycles. The number of rotatable bonds is 10. The maximum Gasteiger partial charge on any atom is 0.321 e. The quantitative estimate of drug-likeness (QED) is 0.340. The molecule has 0 amide bonds. The fraction of sp³-hybridized carbons (Fsp3) is 0.676. The molecular formula is C37H54N4O2. The van der Waals surface area contributed by atoms with Crippen molar-refractivity contribution in [3.05, 3.63) is 60.2 Å². The van der Waals surface area contributed by atoms with Crippen molar-refractivity contribution in [3.63, 3.8) is 0 Å². The summed E-state index contributed by atoms with van der Waals surface area (Å²) in [6.07, 6.45) is 20.4. The van der Waals surface area contributed by atoms with Gasteiger partial charge in [-0.3, -0.25) is 14.7 Å². The van der Waals surface area contributed by atoms with E-state index in [-0.39, 0.29) is 6.04 Å². The highest BCUT2D eigenvalue weighted by Crippen LogP contribution is 2.39. The number of piperidine rings is 1. The van der Waals surface area contributed by atoms with Crippen molar-refractivity contribution in [2.75, 3.05) is 32.7 Å². The Labute approximate surface area is 259 Å². The SMILES string of the molecule is CCC1=NN(C2CCN(C[C@H]3CN([C@@H](C(=O)O)C4CCCCC4)C[C@@H]3C3C=CC=CC3)CC2)C(Cc2ccccc2)C1C. The van der Waals surface area contributed by atoms with Crippen LogP contribution in [0.5, 0.6) is 0 Å². The highest BCUT2D eigenvalue weighted by atomic mass is 16.4. The highest BCUT2D eigenvalue weighted by molar-refractivity contribution is 5.88. The largest absolute Gasteiger partial charge is 0.480 e. The third kappa shape index (κ3) is 6.96. The van der Waals surface area contributed by atoms with Crippen molar-refractivity contribution < 1.29 is 9.90 Å². The second-order valence-corrected chi connectivity index (χ2v) is 14.2. The van der Waals surface area contributed by atoms with Gasteiger partial charge in [0.05, 0.1) is 6.04 Å². The number of nitrogens with zero attached hydrogens (tertiary/aromatic N) is 4. The van der Waals surface area contributed by atoms with Crippen LogP contribution in [0, 0.1) is 29.6 Å². The van der Waals surface area contributed by atoms with E-state index in [1.54, 1.807) is 0 Å². The van der Waals surface area contributed by atoms with E-state index in [4.69, 9.17) is 5.10 Å². The minimum Gasteiger partial charge on any atom is -0.480 e. The third-order valence-electron chi connectivity index (χ3n) is 11.6. The monoisotopic (exact) mass is 586 g/mol. The van der Waals surface area contributed by atoms with Crippen molar-refractivity contribution in [2.24, 2.45) is 34.7 Å². The highest BCUT2D eigenvalue weighted by Gasteiger charge is 2.45. The van der Waals surface area contributed by atoms with Gasteiger partial charge in [0.1, 0.15) is 6.04 Å². The summed E-state index contributed by atoms with van der Waals surface area (Å²) in [4.78, 5) is 17.7. The zero-order valence-corrected chi connectivity index (χ0v) is 26.6. The topological polar surface area (TPSA) is 59.4 Å². The average Bonchev–Trinajstić information content (AvgIpc) is 3.59. The van der Waals surface area contributed by atoms with E-state index in [2.05, 4.69) is 83.3 Å². The van der Waals surface area contributed by atoms with Crippen LogP contribution in [0.4, 0.5) is 0 Å². The Balaban J connectivity index is 1.11. The zero-order chi connectivity index (χ0) is 29.8. The second kappa shape index (κ2) is 14.1. The minimum atomic E-state index is -0.594. The number of benzene rings is 1. The van der Waals surface area contributed by atoms with E-state index in [1.165, 1.54) is 30.5 Å². The van der Waals surface area contributed by atoms with E-state index in [9.17, 15) is 9.90 Å². The Bertz CT molecular complexity index is 1150. The normalized spacial score (nSPS) is 31.9. The summed E-state index contributed by atoms with van der Waals surface area (Å²) in [7, 11) is 0. The average molecular weight is 587 g/mol. The Morgan fingerprint density at radius 2 is 1.79 bits per heavy atom. The molecule has 0 radical (unpaired) electrons. The van der Waals surface area contributed by atoms with Gasteiger partial charge in [0.15, 0.2) is 0 Å². The Morgan fingerprint density at radius 1 is 1.02 bits per heavy atom. The van der Waals surface area contributed by atoms with E-state index in [0.717, 1.165) is 77.7 Å². The van der Waals surface area contributed by atoms with Crippen LogP contribution in [-0.4, -0.2) is 82.4 Å². The van der Waals surface area contributed by atoms with Crippen molar-refractivity contribution in [3.8, 4) is 0 Å². The Hall–Kier alpha value is -2.44. The summed E-state index contributed by atoms with van der Waals surface area (Å²) in [5.41, 5.74) is 2.77. The molecule has 0 aromatic heterocycles. The number of hydrogen-bond donors (Lipinski definition) is 1. The fourth-order valence-electron chi connectivity index (χ4n) is 9.19. The number of carbonyl (C=O) groups is 1. The number of allylic oxidation sites excluding steroid dienone is 4. The molecule has 0 bridgehead atoms. The van der Waals surface area contributed by atoms with E-state index >= 15 is 0 Å². The van der Waals surface area contributed by atoms with Crippen molar-refractivity contribution in [1.82, 2.24) is 14.8 Å². The summed E-state index contributed by atoms with van der Waals surface area (Å²) < 4.78 is 0. The zero-order valence-electron chi connectivity index (χ0n) is 26.6. The predicted molar refractivity (Wildman–Crippen MR) is 175 cm³/mol. The maximum atomic E-state index is 12.6. The molecule has 1 aromatic rings. The van der Waals surface area contributed by atoms with Gasteiger partial charge in [-0.15, -0.1) is 0 Å². The fourth-order valence-corrected chi connectivity index (χ4v) is 9.19. The van der Waals surface area contributed by atoms with Gasteiger partial charge in [-0.25, -0.2) is 0 Å². The first-order valence-corrected chi connectivity index (χ1v) is 17.4. The molecule has 3 fully saturated rings. The summed E-state index contributed by atoms with van der Waals surface area (Å²) in [6.45, 7) is 9.80. The molecule has 234 valence electrons. The number of hydrazone groups is 1. The van der Waals surface area contributed by atoms with Gasteiger partial charge in [-0.05, 0) is 74.2 Å². The van der Waals surface area contributed by atoms with Crippen molar-refractivity contribution in [2.45, 2.75) is 96.2 Å². The van der Waals surface area contributed by atoms with Crippen LogP contribution < -0.4 is 0 Å². The van der Waals surface area contributed by atoms with Crippen molar-refractivity contribution in [1.29, 1.82) is 0 Å². The maximum absolute atomic E-state index is 12.6. The molecule has 1 aromatic carbocycles. The molecule has 3 heterocycles. The molecule has 6 nitrogen and oxygen atoms in total. The molecular weight excluding hydrogens is 532 g/mol. The van der Waals surface area contributed by atoms with Crippen molar-refractivity contribution >= 4 is 11.7 Å². The van der Waals surface area contributed by atoms with Gasteiger partial charge in [-0.1, -0.05) is 87.7 Å². The van der Waals surface area contributed by atoms with Gasteiger partial charge in [0, 0.05) is 50.4 Å². The molecule has 1 saturated carbocycles. The molecule has 43 heavy (non-hydrogen) atoms. The molecule has 6 atom stereocenters. The Kier molecular flexibility index (Phi) is 10.0. The lowest BCUT2D eigenvalue weighted by Gasteiger charge is -2.40. The lowest BCUT2D eigenvalue weighted by Crippen LogP contribution is -2.48. The smallest absolute Gasteiger partial charge is 0.321 e. The first kappa shape index (κ1) is 30.6. The summed E-state index contributed by atoms with van der Waals surface area (Å²) >= 11 is 0. The third-order valence-corrected chi connectivity index (χ3v) is 11.6. The molecule has 2 saturated heterocycles. The number of carboxylic acid groups (broad SMARTS) is 1. The Morgan fingerprint density at radius 3 is 2.47 bits per heavy atom. The van der Waals surface area contributed by atoms with Gasteiger partial charge in [0.25, 0.3) is 0 Å². The lowest BCUT2D eigenvalue weighted by atomic mass is 9.80. The molecule has 1 N–H and O–H groups in total. The molecule has 5 aliphatic rings. The van der Waals surface area contributed by atoms with Crippen LogP contribution in [0.2, 0.25) is 0 Å². The molecule has 3 unspecified atom stereocenters. The van der Waals surface area contributed by atoms with Crippen LogP contribution >= 0.6 is 0 Å². The number of carboxylic acids is 1. The first-order valence-electron chi connectivity index (χ1n) is 17.4. The van der Waals surface area contributed by atoms with Crippen LogP contribution in [0.1, 0.15) is 77.2 Å². The van der Waals surface area contributed by atoms with E-state index < -0.39 is 5.97 Å². The molecule has 6 heteroatoms. The molecule has 6 rings (SSSR count). The van der Waals surface area contributed by atoms with Gasteiger partial charge >= 0.3 is 5.97 Å². The molecule has 0 spiro atoms. The standard InChI is InChI=1S/C37H54N4O2/c1-3-34-27(2)35(23-28-13-7-4-8-14-28)41(38-34)32-19-21-39(22-20-32)24-31-25-40(26-33(31)29-15-9-5-10-16-29)36(37(42)43)30-17-11-6-12-18-30/h4-5,7-10,13-15,27,29-33,35-36H,3,6,11-12,16-26H2,1-2H3,(H,42,43)/t27?,29?,31-,33+,35?,36+/m0/s1. The first-order chi connectivity index (χ1) is 21.0. The summed E-state index contributed by atoms with van der Waals surface area (Å²) in [5, 5.41) is 18.1. The number of aliphatic carboxylic acids is 1. The van der Waals surface area contributed by atoms with E-state index in [1.807, 2.05) is 0 Å². The number of hydrogen-bond acceptors (Lipinski definition) is 5. The van der Waals surface area contributed by atoms with Gasteiger partial charge in [0.2, 0.25) is 0 Å². The second-order valence-electron chi connectivity index (χ2n) is 14.2. The number of likely N-dealkylation sites (tertiary alicyclic amines) is 2. The van der Waals surface area contributed by atoms with Gasteiger partial charge < -0.3 is 10.0 Å². The summed E-state index contributed by atoms with van der Waals surface area (Å²) in [6, 6.07) is 11.6. The van der Waals surface area contributed by atoms with Crippen LogP contribution in [0.15, 0.2) is 59.7 Å². The van der Waals surface area contributed by atoms with Gasteiger partial charge in [-0.2, -0.15) is 5.10 Å². The van der Waals surface area contributed by atoms with E-state index in [0.29, 0.717) is 41.7 Å². The summed E-state index contributed by atoms with van der Waals surface area (Å²) in [5.74, 6) is 1.77. The predicted octanol–water partition coefficient (Wildman–Crippen LogP) is 6.49. The molecule has 2 aliphatic carbocycles. The minimum absolute atomic E-state index is 0.309. The van der Waals surface area contributed by atoms with Crippen LogP contribution in [-0.2, 0) is 11.2 Å². The van der Waals surface area contributed by atoms with Crippen LogP contribution in [0.25, 0.3) is 0 Å². The van der Waals surface area contributed by atoms with Crippen LogP contribution in [0.3, 0.4) is 0 Å².